The van der Waals surface area contributed by atoms with E-state index < -0.39 is 9.84 Å². The van der Waals surface area contributed by atoms with Crippen molar-refractivity contribution >= 4 is 21.2 Å². The molecule has 5 nitrogen and oxygen atoms in total. The first-order valence-corrected chi connectivity index (χ1v) is 9.36. The average molecular weight is 309 g/mol. The van der Waals surface area contributed by atoms with Gasteiger partial charge >= 0.3 is 0 Å². The van der Waals surface area contributed by atoms with Crippen molar-refractivity contribution in [3.63, 3.8) is 0 Å². The third-order valence-electron chi connectivity index (χ3n) is 4.39. The fourth-order valence-electron chi connectivity index (χ4n) is 3.16. The molecule has 0 spiro atoms. The Morgan fingerprint density at radius 2 is 2.00 bits per heavy atom. The maximum Gasteiger partial charge on any atom is 0.151 e. The number of fused-ring (bicyclic) bond motifs is 1. The van der Waals surface area contributed by atoms with Gasteiger partial charge in [-0.3, -0.25) is 0 Å². The van der Waals surface area contributed by atoms with Crippen molar-refractivity contribution in [1.29, 1.82) is 0 Å². The molecular formula is C15H23N3O2S. The second-order valence-corrected chi connectivity index (χ2v) is 8.18. The number of anilines is 2. The van der Waals surface area contributed by atoms with E-state index in [1.54, 1.807) is 0 Å². The van der Waals surface area contributed by atoms with Crippen LogP contribution in [0.5, 0.6) is 0 Å². The number of para-hydroxylation sites is 2. The summed E-state index contributed by atoms with van der Waals surface area (Å²) in [6.45, 7) is 3.78. The summed E-state index contributed by atoms with van der Waals surface area (Å²) >= 11 is 0. The fourth-order valence-corrected chi connectivity index (χ4v) is 4.87. The van der Waals surface area contributed by atoms with Gasteiger partial charge in [-0.05, 0) is 18.6 Å². The van der Waals surface area contributed by atoms with Gasteiger partial charge in [0.2, 0.25) is 0 Å². The maximum absolute atomic E-state index is 11.4. The summed E-state index contributed by atoms with van der Waals surface area (Å²) in [7, 11) is -0.667. The Morgan fingerprint density at radius 1 is 1.24 bits per heavy atom. The lowest BCUT2D eigenvalue weighted by Crippen LogP contribution is -2.43. The monoisotopic (exact) mass is 309 g/mol. The van der Waals surface area contributed by atoms with Crippen molar-refractivity contribution in [3.8, 4) is 0 Å². The van der Waals surface area contributed by atoms with Crippen molar-refractivity contribution < 1.29 is 8.42 Å². The number of rotatable bonds is 4. The minimum atomic E-state index is -2.79. The van der Waals surface area contributed by atoms with Crippen molar-refractivity contribution in [2.24, 2.45) is 0 Å². The molecule has 0 amide bonds. The Hall–Kier alpha value is -1.27. The number of nitrogens with zero attached hydrogens (tertiary/aromatic N) is 2. The molecule has 0 bridgehead atoms. The molecule has 1 unspecified atom stereocenters. The summed E-state index contributed by atoms with van der Waals surface area (Å²) in [5, 5.41) is 3.39. The van der Waals surface area contributed by atoms with Crippen molar-refractivity contribution in [2.75, 3.05) is 54.5 Å². The molecule has 0 radical (unpaired) electrons. The summed E-state index contributed by atoms with van der Waals surface area (Å²) < 4.78 is 22.9. The topological polar surface area (TPSA) is 52.6 Å². The van der Waals surface area contributed by atoms with Crippen LogP contribution >= 0.6 is 0 Å². The van der Waals surface area contributed by atoms with Gasteiger partial charge in [0.1, 0.15) is 0 Å². The van der Waals surface area contributed by atoms with Gasteiger partial charge in [0.25, 0.3) is 0 Å². The first-order valence-electron chi connectivity index (χ1n) is 7.54. The maximum atomic E-state index is 11.4. The number of nitrogens with one attached hydrogen (secondary N) is 1. The molecule has 3 rings (SSSR count). The molecule has 1 aromatic rings. The van der Waals surface area contributed by atoms with Crippen molar-refractivity contribution in [2.45, 2.75) is 12.5 Å². The molecule has 21 heavy (non-hydrogen) atoms. The molecule has 2 heterocycles. The zero-order valence-corrected chi connectivity index (χ0v) is 13.3. The Kier molecular flexibility index (Phi) is 4.08. The molecule has 0 aliphatic carbocycles. The van der Waals surface area contributed by atoms with Crippen LogP contribution < -0.4 is 15.1 Å². The quantitative estimate of drug-likeness (QED) is 0.888. The van der Waals surface area contributed by atoms with Crippen LogP contribution in [0.3, 0.4) is 0 Å². The van der Waals surface area contributed by atoms with E-state index in [0.717, 1.165) is 32.6 Å². The number of hydrogen-bond donors (Lipinski definition) is 1. The Balaban J connectivity index is 1.56. The van der Waals surface area contributed by atoms with Crippen molar-refractivity contribution in [3.05, 3.63) is 24.3 Å². The predicted octanol–water partition coefficient (Wildman–Crippen LogP) is 0.720. The average Bonchev–Trinajstić information content (AvgIpc) is 2.81. The molecule has 1 saturated heterocycles. The summed E-state index contributed by atoms with van der Waals surface area (Å²) in [6, 6.07) is 8.59. The molecule has 6 heteroatoms. The third kappa shape index (κ3) is 3.32. The van der Waals surface area contributed by atoms with Crippen LogP contribution in [0, 0.1) is 0 Å². The SMILES string of the molecule is CN1CCN(CCNC2CCS(=O)(=O)C2)c2ccccc21. The number of benzene rings is 1. The fraction of sp³-hybridized carbons (Fsp3) is 0.600. The minimum Gasteiger partial charge on any atom is -0.371 e. The largest absolute Gasteiger partial charge is 0.371 e. The van der Waals surface area contributed by atoms with E-state index >= 15 is 0 Å². The predicted molar refractivity (Wildman–Crippen MR) is 87.0 cm³/mol. The second kappa shape index (κ2) is 5.85. The van der Waals surface area contributed by atoms with Crippen LogP contribution in [-0.2, 0) is 9.84 Å². The van der Waals surface area contributed by atoms with Gasteiger partial charge < -0.3 is 15.1 Å². The van der Waals surface area contributed by atoms with Crippen LogP contribution in [0.15, 0.2) is 24.3 Å². The van der Waals surface area contributed by atoms with E-state index in [1.165, 1.54) is 11.4 Å². The van der Waals surface area contributed by atoms with E-state index in [2.05, 4.69) is 46.4 Å². The van der Waals surface area contributed by atoms with Crippen LogP contribution in [0.25, 0.3) is 0 Å². The molecule has 2 aliphatic heterocycles. The lowest BCUT2D eigenvalue weighted by molar-refractivity contribution is 0.549. The van der Waals surface area contributed by atoms with E-state index in [0.29, 0.717) is 11.5 Å². The molecule has 1 atom stereocenters. The summed E-state index contributed by atoms with van der Waals surface area (Å²) in [5.74, 6) is 0.633. The molecule has 1 N–H and O–H groups in total. The minimum absolute atomic E-state index is 0.137. The first kappa shape index (κ1) is 14.7. The summed E-state index contributed by atoms with van der Waals surface area (Å²) in [6.07, 6.45) is 0.752. The third-order valence-corrected chi connectivity index (χ3v) is 6.15. The van der Waals surface area contributed by atoms with Gasteiger partial charge in [0.05, 0.1) is 22.9 Å². The van der Waals surface area contributed by atoms with Crippen molar-refractivity contribution in [1.82, 2.24) is 5.32 Å². The van der Waals surface area contributed by atoms with Gasteiger partial charge in [-0.2, -0.15) is 0 Å². The molecule has 0 aromatic heterocycles. The van der Waals surface area contributed by atoms with Gasteiger partial charge in [-0.1, -0.05) is 12.1 Å². The van der Waals surface area contributed by atoms with Gasteiger partial charge in [0.15, 0.2) is 9.84 Å². The highest BCUT2D eigenvalue weighted by Gasteiger charge is 2.27. The molecule has 0 saturated carbocycles. The van der Waals surface area contributed by atoms with Gasteiger partial charge in [0, 0.05) is 39.3 Å². The smallest absolute Gasteiger partial charge is 0.151 e. The molecule has 1 aromatic carbocycles. The standard InChI is InChI=1S/C15H23N3O2S/c1-17-9-10-18(15-5-3-2-4-14(15)17)8-7-16-13-6-11-21(19,20)12-13/h2-5,13,16H,6-12H2,1H3. The number of likely N-dealkylation sites (N-methyl/N-ethyl adjacent to an activating group) is 1. The first-order chi connectivity index (χ1) is 10.1. The molecule has 1 fully saturated rings. The van der Waals surface area contributed by atoms with E-state index in [-0.39, 0.29) is 6.04 Å². The number of sulfone groups is 1. The highest BCUT2D eigenvalue weighted by molar-refractivity contribution is 7.91. The molecule has 2 aliphatic rings. The number of hydrogen-bond acceptors (Lipinski definition) is 5. The lowest BCUT2D eigenvalue weighted by atomic mass is 10.1. The normalized spacial score (nSPS) is 24.1. The lowest BCUT2D eigenvalue weighted by Gasteiger charge is -2.37. The second-order valence-electron chi connectivity index (χ2n) is 5.95. The summed E-state index contributed by atoms with van der Waals surface area (Å²) in [4.78, 5) is 4.66. The Bertz CT molecular complexity index is 603. The summed E-state index contributed by atoms with van der Waals surface area (Å²) in [5.41, 5.74) is 2.54. The van der Waals surface area contributed by atoms with E-state index in [1.807, 2.05) is 0 Å². The van der Waals surface area contributed by atoms with E-state index in [9.17, 15) is 8.42 Å². The Labute approximate surface area is 126 Å². The van der Waals surface area contributed by atoms with Crippen LogP contribution in [0.1, 0.15) is 6.42 Å². The van der Waals surface area contributed by atoms with Gasteiger partial charge in [-0.15, -0.1) is 0 Å². The highest BCUT2D eigenvalue weighted by atomic mass is 32.2. The van der Waals surface area contributed by atoms with E-state index in [4.69, 9.17) is 0 Å². The highest BCUT2D eigenvalue weighted by Crippen LogP contribution is 2.31. The Morgan fingerprint density at radius 3 is 2.71 bits per heavy atom. The zero-order chi connectivity index (χ0) is 14.9. The zero-order valence-electron chi connectivity index (χ0n) is 12.5. The van der Waals surface area contributed by atoms with Crippen LogP contribution in [0.2, 0.25) is 0 Å². The van der Waals surface area contributed by atoms with Crippen LogP contribution in [-0.4, -0.2) is 59.2 Å². The molecular weight excluding hydrogens is 286 g/mol. The molecule has 116 valence electrons. The van der Waals surface area contributed by atoms with Gasteiger partial charge in [-0.25, -0.2) is 8.42 Å². The van der Waals surface area contributed by atoms with Crippen LogP contribution in [0.4, 0.5) is 11.4 Å².